The van der Waals surface area contributed by atoms with Crippen molar-refractivity contribution in [3.05, 3.63) is 41.5 Å². The molecular formula is C24H33F3O. The van der Waals surface area contributed by atoms with E-state index in [1.165, 1.54) is 50.7 Å². The Balaban J connectivity index is 1.48. The zero-order valence-electron chi connectivity index (χ0n) is 16.9. The number of allylic oxidation sites excluding steroid dienone is 2. The first-order chi connectivity index (χ1) is 13.6. The van der Waals surface area contributed by atoms with Gasteiger partial charge in [0.25, 0.3) is 0 Å². The number of halogens is 3. The maximum absolute atomic E-state index is 14.0. The maximum atomic E-state index is 14.0. The third-order valence-corrected chi connectivity index (χ3v) is 6.71. The van der Waals surface area contributed by atoms with Gasteiger partial charge in [-0.3, -0.25) is 0 Å². The highest BCUT2D eigenvalue weighted by atomic mass is 19.1. The molecule has 0 heterocycles. The van der Waals surface area contributed by atoms with Gasteiger partial charge < -0.3 is 4.74 Å². The lowest BCUT2D eigenvalue weighted by atomic mass is 9.77. The molecule has 0 unspecified atom stereocenters. The Hall–Kier alpha value is -1.45. The quantitative estimate of drug-likeness (QED) is 0.430. The summed E-state index contributed by atoms with van der Waals surface area (Å²) in [6, 6.07) is 2.62. The van der Waals surface area contributed by atoms with Crippen molar-refractivity contribution in [1.29, 1.82) is 0 Å². The molecule has 0 bridgehead atoms. The van der Waals surface area contributed by atoms with Crippen LogP contribution in [0.5, 0.6) is 5.75 Å². The van der Waals surface area contributed by atoms with Crippen molar-refractivity contribution in [2.24, 2.45) is 17.8 Å². The number of rotatable bonds is 7. The van der Waals surface area contributed by atoms with Gasteiger partial charge in [-0.05, 0) is 92.7 Å². The first-order valence-corrected chi connectivity index (χ1v) is 11.0. The van der Waals surface area contributed by atoms with E-state index < -0.39 is 24.2 Å². The zero-order valence-corrected chi connectivity index (χ0v) is 16.9. The van der Waals surface area contributed by atoms with Crippen LogP contribution in [0.15, 0.2) is 24.3 Å². The van der Waals surface area contributed by atoms with E-state index in [4.69, 9.17) is 0 Å². The summed E-state index contributed by atoms with van der Waals surface area (Å²) in [6.07, 6.45) is 16.9. The second-order valence-electron chi connectivity index (χ2n) is 8.63. The molecular weight excluding hydrogens is 361 g/mol. The lowest BCUT2D eigenvalue weighted by Crippen LogP contribution is -2.15. The van der Waals surface area contributed by atoms with Gasteiger partial charge in [0.2, 0.25) is 6.86 Å². The number of alkyl halides is 1. The summed E-state index contributed by atoms with van der Waals surface area (Å²) >= 11 is 0. The number of hydrogen-bond donors (Lipinski definition) is 0. The van der Waals surface area contributed by atoms with Crippen LogP contribution in [-0.4, -0.2) is 6.86 Å². The number of benzene rings is 1. The molecule has 0 spiro atoms. The lowest BCUT2D eigenvalue weighted by Gasteiger charge is -2.29. The Labute approximate surface area is 167 Å². The Morgan fingerprint density at radius 3 is 1.93 bits per heavy atom. The van der Waals surface area contributed by atoms with Crippen LogP contribution in [0.2, 0.25) is 0 Å². The van der Waals surface area contributed by atoms with Gasteiger partial charge in [0.05, 0.1) is 0 Å². The normalized spacial score (nSPS) is 28.6. The van der Waals surface area contributed by atoms with E-state index in [0.717, 1.165) is 37.5 Å². The van der Waals surface area contributed by atoms with Crippen LogP contribution in [0.25, 0.3) is 0 Å². The fourth-order valence-electron chi connectivity index (χ4n) is 5.04. The zero-order chi connectivity index (χ0) is 19.9. The van der Waals surface area contributed by atoms with Crippen molar-refractivity contribution in [3.8, 4) is 5.75 Å². The van der Waals surface area contributed by atoms with Crippen molar-refractivity contribution in [2.45, 2.75) is 77.0 Å². The highest BCUT2D eigenvalue weighted by Crippen LogP contribution is 2.39. The molecule has 2 aliphatic rings. The summed E-state index contributed by atoms with van der Waals surface area (Å²) in [7, 11) is 0. The Bertz CT molecular complexity index is 618. The van der Waals surface area contributed by atoms with Crippen molar-refractivity contribution >= 4 is 0 Å². The van der Waals surface area contributed by atoms with Crippen LogP contribution >= 0.6 is 0 Å². The minimum Gasteiger partial charge on any atom is -0.457 e. The minimum atomic E-state index is -1.23. The smallest absolute Gasteiger partial charge is 0.228 e. The number of ether oxygens (including phenoxy) is 1. The van der Waals surface area contributed by atoms with Gasteiger partial charge in [-0.2, -0.15) is 0 Å². The molecule has 2 fully saturated rings. The van der Waals surface area contributed by atoms with Crippen LogP contribution in [0, 0.1) is 29.4 Å². The van der Waals surface area contributed by atoms with Gasteiger partial charge in [0, 0.05) is 0 Å². The molecule has 3 rings (SSSR count). The average Bonchev–Trinajstić information content (AvgIpc) is 2.71. The average molecular weight is 395 g/mol. The molecule has 0 aliphatic heterocycles. The summed E-state index contributed by atoms with van der Waals surface area (Å²) in [4.78, 5) is 0. The lowest BCUT2D eigenvalue weighted by molar-refractivity contribution is 0.176. The highest BCUT2D eigenvalue weighted by molar-refractivity contribution is 5.33. The fourth-order valence-corrected chi connectivity index (χ4v) is 5.04. The van der Waals surface area contributed by atoms with E-state index in [0.29, 0.717) is 11.5 Å². The molecule has 0 N–H and O–H groups in total. The van der Waals surface area contributed by atoms with E-state index in [9.17, 15) is 13.2 Å². The monoisotopic (exact) mass is 394 g/mol. The van der Waals surface area contributed by atoms with E-state index in [-0.39, 0.29) is 5.92 Å². The predicted octanol–water partition coefficient (Wildman–Crippen LogP) is 7.71. The van der Waals surface area contributed by atoms with Crippen molar-refractivity contribution in [3.63, 3.8) is 0 Å². The molecule has 156 valence electrons. The van der Waals surface area contributed by atoms with Crippen molar-refractivity contribution < 1.29 is 17.9 Å². The molecule has 1 aromatic carbocycles. The molecule has 0 amide bonds. The summed E-state index contributed by atoms with van der Waals surface area (Å²) in [5.74, 6) is 0.175. The van der Waals surface area contributed by atoms with Gasteiger partial charge in [-0.25, -0.2) is 13.2 Å². The highest BCUT2D eigenvalue weighted by Gasteiger charge is 2.24. The first-order valence-electron chi connectivity index (χ1n) is 11.0. The van der Waals surface area contributed by atoms with Crippen LogP contribution in [0.4, 0.5) is 13.2 Å². The molecule has 0 atom stereocenters. The van der Waals surface area contributed by atoms with Gasteiger partial charge in [0.15, 0.2) is 17.4 Å². The third-order valence-electron chi connectivity index (χ3n) is 6.71. The van der Waals surface area contributed by atoms with E-state index >= 15 is 0 Å². The molecule has 1 aromatic rings. The van der Waals surface area contributed by atoms with Crippen LogP contribution in [-0.2, 0) is 0 Å². The Morgan fingerprint density at radius 1 is 0.893 bits per heavy atom. The fraction of sp³-hybridized carbons (Fsp3) is 0.667. The minimum absolute atomic E-state index is 0.164. The summed E-state index contributed by atoms with van der Waals surface area (Å²) < 4.78 is 44.6. The molecule has 2 saturated carbocycles. The second-order valence-corrected chi connectivity index (χ2v) is 8.63. The number of hydrogen-bond acceptors (Lipinski definition) is 1. The van der Waals surface area contributed by atoms with Crippen LogP contribution < -0.4 is 4.74 Å². The predicted molar refractivity (Wildman–Crippen MR) is 107 cm³/mol. The molecule has 0 saturated heterocycles. The van der Waals surface area contributed by atoms with Gasteiger partial charge in [-0.1, -0.05) is 31.9 Å². The maximum Gasteiger partial charge on any atom is 0.228 e. The molecule has 0 radical (unpaired) electrons. The van der Waals surface area contributed by atoms with E-state index in [2.05, 4.69) is 23.8 Å². The molecule has 2 aliphatic carbocycles. The van der Waals surface area contributed by atoms with Crippen molar-refractivity contribution in [2.75, 3.05) is 6.86 Å². The van der Waals surface area contributed by atoms with Gasteiger partial charge in [-0.15, -0.1) is 0 Å². The molecule has 0 aromatic heterocycles. The van der Waals surface area contributed by atoms with Crippen LogP contribution in [0.3, 0.4) is 0 Å². The second kappa shape index (κ2) is 10.4. The molecule has 28 heavy (non-hydrogen) atoms. The van der Waals surface area contributed by atoms with Gasteiger partial charge >= 0.3 is 0 Å². The topological polar surface area (TPSA) is 9.23 Å². The largest absolute Gasteiger partial charge is 0.457 e. The molecule has 1 nitrogen and oxygen atoms in total. The van der Waals surface area contributed by atoms with Crippen LogP contribution in [0.1, 0.15) is 82.6 Å². The first kappa shape index (κ1) is 21.3. The van der Waals surface area contributed by atoms with Gasteiger partial charge in [0.1, 0.15) is 0 Å². The summed E-state index contributed by atoms with van der Waals surface area (Å²) in [5.41, 5.74) is 0.665. The van der Waals surface area contributed by atoms with E-state index in [1.54, 1.807) is 0 Å². The van der Waals surface area contributed by atoms with Crippen molar-refractivity contribution in [1.82, 2.24) is 0 Å². The third kappa shape index (κ3) is 5.55. The molecule has 4 heteroatoms. The summed E-state index contributed by atoms with van der Waals surface area (Å²) in [5, 5.41) is 0. The SMILES string of the molecule is CCCC1CCC(/C=C/C2CCC(c3cc(F)c(OCF)c(F)c3)CC2)CC1. The summed E-state index contributed by atoms with van der Waals surface area (Å²) in [6.45, 7) is 1.04. The van der Waals surface area contributed by atoms with E-state index in [1.807, 2.05) is 0 Å². The standard InChI is InChI=1S/C24H33F3O/c1-2-3-17-4-6-18(7-5-17)8-9-19-10-12-20(13-11-19)21-14-22(26)24(28-16-25)23(27)15-21/h8-9,14-15,17-20H,2-7,10-13,16H2,1H3/b9-8+. The Morgan fingerprint density at radius 2 is 1.43 bits per heavy atom. The Kier molecular flexibility index (Phi) is 7.87.